The lowest BCUT2D eigenvalue weighted by molar-refractivity contribution is 0.340. The van der Waals surface area contributed by atoms with Crippen molar-refractivity contribution >= 4 is 23.0 Å². The largest absolute Gasteiger partial charge is 0.497 e. The van der Waals surface area contributed by atoms with Gasteiger partial charge in [-0.25, -0.2) is 0 Å². The molecule has 0 aliphatic rings. The molecule has 0 atom stereocenters. The molecular weight excluding hydrogens is 308 g/mol. The highest BCUT2D eigenvalue weighted by Gasteiger charge is 2.00. The maximum Gasteiger partial charge on any atom is 0.170 e. The number of methoxy groups -OCH3 is 1. The normalized spacial score (nSPS) is 10.0. The number of benzene rings is 2. The van der Waals surface area contributed by atoms with E-state index in [1.54, 1.807) is 7.11 Å². The summed E-state index contributed by atoms with van der Waals surface area (Å²) < 4.78 is 10.6. The predicted octanol–water partition coefficient (Wildman–Crippen LogP) is 3.62. The van der Waals surface area contributed by atoms with Crippen molar-refractivity contribution in [3.05, 3.63) is 54.1 Å². The van der Waals surface area contributed by atoms with Crippen LogP contribution < -0.4 is 20.1 Å². The second-order valence-corrected chi connectivity index (χ2v) is 5.35. The van der Waals surface area contributed by atoms with Gasteiger partial charge in [-0.1, -0.05) is 18.2 Å². The molecule has 0 radical (unpaired) electrons. The standard InChI is InChI=1S/C18H22N2O2S/c1-3-22-17-6-4-5-15(13-17)20-18(23)19-12-11-14-7-9-16(21-2)10-8-14/h4-10,13H,3,11-12H2,1-2H3,(H2,19,20,23). The quantitative estimate of drug-likeness (QED) is 0.759. The van der Waals surface area contributed by atoms with E-state index in [0.29, 0.717) is 11.7 Å². The Morgan fingerprint density at radius 3 is 2.57 bits per heavy atom. The average molecular weight is 330 g/mol. The molecule has 0 aliphatic heterocycles. The minimum absolute atomic E-state index is 0.604. The second kappa shape index (κ2) is 9.00. The topological polar surface area (TPSA) is 42.5 Å². The number of ether oxygens (including phenoxy) is 2. The molecule has 2 N–H and O–H groups in total. The van der Waals surface area contributed by atoms with Crippen molar-refractivity contribution in [2.24, 2.45) is 0 Å². The summed E-state index contributed by atoms with van der Waals surface area (Å²) in [7, 11) is 1.67. The van der Waals surface area contributed by atoms with Crippen LogP contribution in [0.1, 0.15) is 12.5 Å². The highest BCUT2D eigenvalue weighted by molar-refractivity contribution is 7.80. The van der Waals surface area contributed by atoms with Crippen LogP contribution in [0.25, 0.3) is 0 Å². The Morgan fingerprint density at radius 1 is 1.09 bits per heavy atom. The zero-order valence-electron chi connectivity index (χ0n) is 13.5. The van der Waals surface area contributed by atoms with E-state index in [0.717, 1.165) is 30.2 Å². The minimum Gasteiger partial charge on any atom is -0.497 e. The van der Waals surface area contributed by atoms with Crippen molar-refractivity contribution in [3.63, 3.8) is 0 Å². The van der Waals surface area contributed by atoms with Gasteiger partial charge in [0.2, 0.25) is 0 Å². The maximum absolute atomic E-state index is 5.47. The molecule has 23 heavy (non-hydrogen) atoms. The summed E-state index contributed by atoms with van der Waals surface area (Å²) in [6.07, 6.45) is 0.894. The van der Waals surface area contributed by atoms with Crippen LogP contribution in [0.2, 0.25) is 0 Å². The fraction of sp³-hybridized carbons (Fsp3) is 0.278. The summed E-state index contributed by atoms with van der Waals surface area (Å²) in [5, 5.41) is 6.98. The number of nitrogens with one attached hydrogen (secondary N) is 2. The molecular formula is C18H22N2O2S. The second-order valence-electron chi connectivity index (χ2n) is 4.94. The Morgan fingerprint density at radius 2 is 1.87 bits per heavy atom. The third-order valence-corrected chi connectivity index (χ3v) is 3.51. The molecule has 5 heteroatoms. The van der Waals surface area contributed by atoms with Crippen LogP contribution in [0.4, 0.5) is 5.69 Å². The Kier molecular flexibility index (Phi) is 6.69. The summed E-state index contributed by atoms with van der Waals surface area (Å²) in [5.41, 5.74) is 2.15. The Balaban J connectivity index is 1.77. The van der Waals surface area contributed by atoms with Crippen LogP contribution in [0, 0.1) is 0 Å². The van der Waals surface area contributed by atoms with Crippen LogP contribution in [-0.4, -0.2) is 25.4 Å². The van der Waals surface area contributed by atoms with Gasteiger partial charge in [-0.2, -0.15) is 0 Å². The molecule has 2 rings (SSSR count). The molecule has 2 aromatic rings. The lowest BCUT2D eigenvalue weighted by Gasteiger charge is -2.12. The fourth-order valence-corrected chi connectivity index (χ4v) is 2.34. The van der Waals surface area contributed by atoms with Gasteiger partial charge in [0, 0.05) is 18.3 Å². The molecule has 0 aromatic heterocycles. The van der Waals surface area contributed by atoms with Gasteiger partial charge in [0.05, 0.1) is 13.7 Å². The molecule has 2 aromatic carbocycles. The molecule has 0 saturated heterocycles. The smallest absolute Gasteiger partial charge is 0.170 e. The Bertz CT molecular complexity index is 629. The first-order valence-corrected chi connectivity index (χ1v) is 8.02. The average Bonchev–Trinajstić information content (AvgIpc) is 2.56. The van der Waals surface area contributed by atoms with E-state index in [1.165, 1.54) is 5.56 Å². The van der Waals surface area contributed by atoms with E-state index >= 15 is 0 Å². The summed E-state index contributed by atoms with van der Waals surface area (Å²) in [6.45, 7) is 3.38. The van der Waals surface area contributed by atoms with Gasteiger partial charge in [-0.05, 0) is 55.4 Å². The summed E-state index contributed by atoms with van der Waals surface area (Å²) in [4.78, 5) is 0. The number of hydrogen-bond acceptors (Lipinski definition) is 3. The Labute approximate surface area is 142 Å². The van der Waals surface area contributed by atoms with E-state index in [9.17, 15) is 0 Å². The first kappa shape index (κ1) is 17.1. The molecule has 0 saturated carbocycles. The van der Waals surface area contributed by atoms with Crippen molar-refractivity contribution < 1.29 is 9.47 Å². The summed E-state index contributed by atoms with van der Waals surface area (Å²) >= 11 is 5.32. The minimum atomic E-state index is 0.604. The van der Waals surface area contributed by atoms with Crippen molar-refractivity contribution in [1.82, 2.24) is 5.32 Å². The summed E-state index contributed by atoms with van der Waals surface area (Å²) in [6, 6.07) is 15.8. The molecule has 0 spiro atoms. The van der Waals surface area contributed by atoms with Gasteiger partial charge in [0.15, 0.2) is 5.11 Å². The van der Waals surface area contributed by atoms with Crippen LogP contribution >= 0.6 is 12.2 Å². The lowest BCUT2D eigenvalue weighted by atomic mass is 10.1. The number of thiocarbonyl (C=S) groups is 1. The highest BCUT2D eigenvalue weighted by Crippen LogP contribution is 2.17. The lowest BCUT2D eigenvalue weighted by Crippen LogP contribution is -2.30. The van der Waals surface area contributed by atoms with E-state index in [4.69, 9.17) is 21.7 Å². The van der Waals surface area contributed by atoms with E-state index in [-0.39, 0.29) is 0 Å². The molecule has 122 valence electrons. The van der Waals surface area contributed by atoms with Crippen molar-refractivity contribution in [2.75, 3.05) is 25.6 Å². The van der Waals surface area contributed by atoms with Crippen LogP contribution in [0.15, 0.2) is 48.5 Å². The zero-order chi connectivity index (χ0) is 16.5. The monoisotopic (exact) mass is 330 g/mol. The highest BCUT2D eigenvalue weighted by atomic mass is 32.1. The number of hydrogen-bond donors (Lipinski definition) is 2. The molecule has 4 nitrogen and oxygen atoms in total. The van der Waals surface area contributed by atoms with Gasteiger partial charge in [0.25, 0.3) is 0 Å². The maximum atomic E-state index is 5.47. The van der Waals surface area contributed by atoms with Crippen LogP contribution in [-0.2, 0) is 6.42 Å². The third-order valence-electron chi connectivity index (χ3n) is 3.26. The fourth-order valence-electron chi connectivity index (χ4n) is 2.12. The van der Waals surface area contributed by atoms with Crippen molar-refractivity contribution in [1.29, 1.82) is 0 Å². The van der Waals surface area contributed by atoms with Crippen molar-refractivity contribution in [3.8, 4) is 11.5 Å². The zero-order valence-corrected chi connectivity index (χ0v) is 14.3. The van der Waals surface area contributed by atoms with Gasteiger partial charge in [-0.15, -0.1) is 0 Å². The molecule has 0 unspecified atom stereocenters. The van der Waals surface area contributed by atoms with Gasteiger partial charge < -0.3 is 20.1 Å². The SMILES string of the molecule is CCOc1cccc(NC(=S)NCCc2ccc(OC)cc2)c1. The predicted molar refractivity (Wildman–Crippen MR) is 98.5 cm³/mol. The van der Waals surface area contributed by atoms with Gasteiger partial charge in [0.1, 0.15) is 11.5 Å². The van der Waals surface area contributed by atoms with Gasteiger partial charge >= 0.3 is 0 Å². The summed E-state index contributed by atoms with van der Waals surface area (Å²) in [5.74, 6) is 1.70. The van der Waals surface area contributed by atoms with Gasteiger partial charge in [-0.3, -0.25) is 0 Å². The Hall–Kier alpha value is -2.27. The van der Waals surface area contributed by atoms with Crippen LogP contribution in [0.3, 0.4) is 0 Å². The molecule has 0 aliphatic carbocycles. The van der Waals surface area contributed by atoms with E-state index in [2.05, 4.69) is 22.8 Å². The van der Waals surface area contributed by atoms with Crippen molar-refractivity contribution in [2.45, 2.75) is 13.3 Å². The van der Waals surface area contributed by atoms with Crippen LogP contribution in [0.5, 0.6) is 11.5 Å². The third kappa shape index (κ3) is 5.79. The van der Waals surface area contributed by atoms with E-state index < -0.39 is 0 Å². The molecule has 0 amide bonds. The van der Waals surface area contributed by atoms with E-state index in [1.807, 2.05) is 43.3 Å². The molecule has 0 fully saturated rings. The first-order valence-electron chi connectivity index (χ1n) is 7.62. The number of anilines is 1. The molecule has 0 heterocycles. The first-order chi connectivity index (χ1) is 11.2. The number of rotatable bonds is 7. The molecule has 0 bridgehead atoms.